The van der Waals surface area contributed by atoms with E-state index in [0.717, 1.165) is 15.8 Å². The second-order valence-corrected chi connectivity index (χ2v) is 7.70. The Balaban J connectivity index is 1.88. The molecule has 6 nitrogen and oxygen atoms in total. The van der Waals surface area contributed by atoms with Gasteiger partial charge in [0.05, 0.1) is 4.92 Å². The smallest absolute Gasteiger partial charge is 0.269 e. The molecule has 112 valence electrons. The van der Waals surface area contributed by atoms with Crippen LogP contribution < -0.4 is 5.32 Å². The minimum Gasteiger partial charge on any atom is -0.330 e. The number of nitro benzene ring substituents is 1. The standard InChI is InChI=1S/C12H14N4O2S3/c1-2-3-8-19-21-12-15-14-11(20-12)13-9-4-6-10(7-5-9)16(17)18/h4-7H,2-3,8H2,1H3,(H,13,14). The topological polar surface area (TPSA) is 81.0 Å². The van der Waals surface area contributed by atoms with Crippen molar-refractivity contribution in [2.75, 3.05) is 11.1 Å². The number of benzene rings is 1. The summed E-state index contributed by atoms with van der Waals surface area (Å²) in [6.45, 7) is 2.17. The SMILES string of the molecule is CCCCSSc1nnc(Nc2ccc([N+](=O)[O-])cc2)s1. The van der Waals surface area contributed by atoms with Crippen molar-refractivity contribution in [3.05, 3.63) is 34.4 Å². The number of rotatable bonds is 8. The molecule has 2 aromatic rings. The molecule has 21 heavy (non-hydrogen) atoms. The number of aromatic nitrogens is 2. The number of nitrogens with one attached hydrogen (secondary N) is 1. The van der Waals surface area contributed by atoms with Gasteiger partial charge in [-0.25, -0.2) is 0 Å². The fourth-order valence-corrected chi connectivity index (χ4v) is 4.66. The predicted octanol–water partition coefficient (Wildman–Crippen LogP) is 4.73. The van der Waals surface area contributed by atoms with Crippen LogP contribution in [0.5, 0.6) is 0 Å². The van der Waals surface area contributed by atoms with Crippen LogP contribution in [-0.4, -0.2) is 20.9 Å². The third-order valence-corrected chi connectivity index (χ3v) is 6.02. The lowest BCUT2D eigenvalue weighted by molar-refractivity contribution is -0.384. The molecule has 1 N–H and O–H groups in total. The summed E-state index contributed by atoms with van der Waals surface area (Å²) in [4.78, 5) is 10.2. The van der Waals surface area contributed by atoms with Crippen molar-refractivity contribution < 1.29 is 4.92 Å². The van der Waals surface area contributed by atoms with Crippen LogP contribution in [0.2, 0.25) is 0 Å². The summed E-state index contributed by atoms with van der Waals surface area (Å²) in [5, 5.41) is 22.5. The molecule has 0 aliphatic carbocycles. The number of non-ortho nitro benzene ring substituents is 1. The van der Waals surface area contributed by atoms with E-state index in [1.165, 1.54) is 36.3 Å². The van der Waals surface area contributed by atoms with Crippen molar-refractivity contribution in [3.63, 3.8) is 0 Å². The van der Waals surface area contributed by atoms with Gasteiger partial charge >= 0.3 is 0 Å². The fourth-order valence-electron chi connectivity index (χ4n) is 1.38. The van der Waals surface area contributed by atoms with E-state index in [1.54, 1.807) is 33.7 Å². The Morgan fingerprint density at radius 3 is 2.76 bits per heavy atom. The van der Waals surface area contributed by atoms with E-state index in [0.29, 0.717) is 5.13 Å². The highest BCUT2D eigenvalue weighted by Gasteiger charge is 2.07. The molecule has 0 spiro atoms. The third-order valence-electron chi connectivity index (χ3n) is 2.45. The molecule has 0 aliphatic rings. The number of hydrogen-bond donors (Lipinski definition) is 1. The van der Waals surface area contributed by atoms with Crippen LogP contribution in [0, 0.1) is 10.1 Å². The summed E-state index contributed by atoms with van der Waals surface area (Å²) in [5.74, 6) is 1.10. The molecule has 1 heterocycles. The molecular formula is C12H14N4O2S3. The van der Waals surface area contributed by atoms with Gasteiger partial charge in [0, 0.05) is 23.6 Å². The van der Waals surface area contributed by atoms with E-state index in [4.69, 9.17) is 0 Å². The lowest BCUT2D eigenvalue weighted by atomic mass is 10.3. The minimum absolute atomic E-state index is 0.0707. The van der Waals surface area contributed by atoms with Crippen molar-refractivity contribution in [2.24, 2.45) is 0 Å². The maximum absolute atomic E-state index is 10.6. The van der Waals surface area contributed by atoms with E-state index < -0.39 is 4.92 Å². The molecule has 0 fully saturated rings. The Morgan fingerprint density at radius 1 is 1.33 bits per heavy atom. The molecule has 0 atom stereocenters. The fraction of sp³-hybridized carbons (Fsp3) is 0.333. The van der Waals surface area contributed by atoms with Crippen molar-refractivity contribution in [1.29, 1.82) is 0 Å². The lowest BCUT2D eigenvalue weighted by Crippen LogP contribution is -1.91. The zero-order valence-electron chi connectivity index (χ0n) is 11.3. The van der Waals surface area contributed by atoms with E-state index in [9.17, 15) is 10.1 Å². The largest absolute Gasteiger partial charge is 0.330 e. The van der Waals surface area contributed by atoms with Crippen molar-refractivity contribution in [1.82, 2.24) is 10.2 Å². The predicted molar refractivity (Wildman–Crippen MR) is 89.5 cm³/mol. The minimum atomic E-state index is -0.420. The normalized spacial score (nSPS) is 10.5. The third kappa shape index (κ3) is 5.18. The van der Waals surface area contributed by atoms with Crippen molar-refractivity contribution >= 4 is 49.4 Å². The van der Waals surface area contributed by atoms with Crippen LogP contribution >= 0.6 is 32.9 Å². The summed E-state index contributed by atoms with van der Waals surface area (Å²) in [6.07, 6.45) is 2.39. The zero-order chi connectivity index (χ0) is 15.1. The average Bonchev–Trinajstić information content (AvgIpc) is 2.92. The molecule has 1 aromatic carbocycles. The molecule has 0 aliphatic heterocycles. The molecule has 1 aromatic heterocycles. The lowest BCUT2D eigenvalue weighted by Gasteiger charge is -2.00. The first-order chi connectivity index (χ1) is 10.2. The summed E-state index contributed by atoms with van der Waals surface area (Å²) in [5.41, 5.74) is 0.827. The Bertz CT molecular complexity index is 588. The number of anilines is 2. The van der Waals surface area contributed by atoms with Gasteiger partial charge in [-0.05, 0) is 29.3 Å². The molecule has 0 saturated carbocycles. The Labute approximate surface area is 134 Å². The van der Waals surface area contributed by atoms with E-state index in [2.05, 4.69) is 22.4 Å². The van der Waals surface area contributed by atoms with Crippen LogP contribution in [0.4, 0.5) is 16.5 Å². The first kappa shape index (κ1) is 16.1. The van der Waals surface area contributed by atoms with Gasteiger partial charge in [0.25, 0.3) is 5.69 Å². The number of nitrogens with zero attached hydrogens (tertiary/aromatic N) is 3. The van der Waals surface area contributed by atoms with Crippen LogP contribution in [0.1, 0.15) is 19.8 Å². The molecule has 0 bridgehead atoms. The van der Waals surface area contributed by atoms with Gasteiger partial charge in [-0.1, -0.05) is 35.5 Å². The number of hydrogen-bond acceptors (Lipinski definition) is 8. The molecule has 0 amide bonds. The summed E-state index contributed by atoms with van der Waals surface area (Å²) < 4.78 is 0.903. The maximum atomic E-state index is 10.6. The average molecular weight is 342 g/mol. The second-order valence-electron chi connectivity index (χ2n) is 4.06. The van der Waals surface area contributed by atoms with Crippen LogP contribution in [-0.2, 0) is 0 Å². The number of nitro groups is 1. The Hall–Kier alpha value is -1.32. The van der Waals surface area contributed by atoms with Crippen LogP contribution in [0.25, 0.3) is 0 Å². The maximum Gasteiger partial charge on any atom is 0.269 e. The van der Waals surface area contributed by atoms with Gasteiger partial charge < -0.3 is 5.32 Å². The Kier molecular flexibility index (Phi) is 6.27. The highest BCUT2D eigenvalue weighted by Crippen LogP contribution is 2.35. The zero-order valence-corrected chi connectivity index (χ0v) is 13.8. The summed E-state index contributed by atoms with van der Waals surface area (Å²) >= 11 is 1.47. The highest BCUT2D eigenvalue weighted by molar-refractivity contribution is 8.77. The monoisotopic (exact) mass is 342 g/mol. The Morgan fingerprint density at radius 2 is 2.10 bits per heavy atom. The van der Waals surface area contributed by atoms with Crippen molar-refractivity contribution in [3.8, 4) is 0 Å². The molecular weight excluding hydrogens is 328 g/mol. The van der Waals surface area contributed by atoms with Gasteiger partial charge in [0.15, 0.2) is 4.34 Å². The van der Waals surface area contributed by atoms with Gasteiger partial charge in [-0.2, -0.15) is 0 Å². The van der Waals surface area contributed by atoms with Gasteiger partial charge in [0.2, 0.25) is 5.13 Å². The van der Waals surface area contributed by atoms with Gasteiger partial charge in [0.1, 0.15) is 0 Å². The molecule has 2 rings (SSSR count). The van der Waals surface area contributed by atoms with Crippen molar-refractivity contribution in [2.45, 2.75) is 24.1 Å². The first-order valence-corrected chi connectivity index (χ1v) is 9.47. The van der Waals surface area contributed by atoms with E-state index >= 15 is 0 Å². The number of unbranched alkanes of at least 4 members (excludes halogenated alkanes) is 1. The second kappa shape index (κ2) is 8.20. The molecule has 0 radical (unpaired) electrons. The van der Waals surface area contributed by atoms with Gasteiger partial charge in [-0.15, -0.1) is 10.2 Å². The van der Waals surface area contributed by atoms with Gasteiger partial charge in [-0.3, -0.25) is 10.1 Å². The molecule has 0 unspecified atom stereocenters. The highest BCUT2D eigenvalue weighted by atomic mass is 33.1. The molecule has 0 saturated heterocycles. The van der Waals surface area contributed by atoms with E-state index in [-0.39, 0.29) is 5.69 Å². The quantitative estimate of drug-likeness (QED) is 0.321. The van der Waals surface area contributed by atoms with Crippen LogP contribution in [0.3, 0.4) is 0 Å². The van der Waals surface area contributed by atoms with E-state index in [1.807, 2.05) is 0 Å². The summed E-state index contributed by atoms with van der Waals surface area (Å²) in [7, 11) is 3.41. The first-order valence-electron chi connectivity index (χ1n) is 6.33. The molecule has 9 heteroatoms. The van der Waals surface area contributed by atoms with Crippen LogP contribution in [0.15, 0.2) is 28.6 Å². The summed E-state index contributed by atoms with van der Waals surface area (Å²) in [6, 6.07) is 6.23.